The molecule has 2 rings (SSSR count). The Hall–Kier alpha value is -2.01. The predicted octanol–water partition coefficient (Wildman–Crippen LogP) is 1.76. The molecule has 2 heterocycles. The van der Waals surface area contributed by atoms with E-state index >= 15 is 0 Å². The van der Waals surface area contributed by atoms with Crippen LogP contribution in [0.25, 0.3) is 0 Å². The first-order chi connectivity index (χ1) is 8.66. The highest BCUT2D eigenvalue weighted by Crippen LogP contribution is 2.10. The van der Waals surface area contributed by atoms with Crippen LogP contribution in [0.2, 0.25) is 5.15 Å². The van der Waals surface area contributed by atoms with E-state index in [-0.39, 0.29) is 11.6 Å². The van der Waals surface area contributed by atoms with Gasteiger partial charge < -0.3 is 5.32 Å². The Balaban J connectivity index is 2.02. The summed E-state index contributed by atoms with van der Waals surface area (Å²) in [5, 5.41) is 10.5. The first kappa shape index (κ1) is 12.4. The van der Waals surface area contributed by atoms with Gasteiger partial charge in [0.25, 0.3) is 5.91 Å². The maximum atomic E-state index is 11.8. The lowest BCUT2D eigenvalue weighted by atomic mass is 10.2. The summed E-state index contributed by atoms with van der Waals surface area (Å²) in [7, 11) is 0. The van der Waals surface area contributed by atoms with Crippen LogP contribution in [0.1, 0.15) is 21.6 Å². The molecule has 1 amide bonds. The molecule has 0 saturated heterocycles. The number of halogens is 1. The zero-order valence-corrected chi connectivity index (χ0v) is 10.5. The molecule has 0 aliphatic rings. The Morgan fingerprint density at radius 1 is 1.33 bits per heavy atom. The zero-order chi connectivity index (χ0) is 13.0. The molecular formula is C12H11ClN4O. The van der Waals surface area contributed by atoms with Crippen molar-refractivity contribution in [2.45, 2.75) is 13.5 Å². The summed E-state index contributed by atoms with van der Waals surface area (Å²) >= 11 is 5.75. The van der Waals surface area contributed by atoms with Crippen molar-refractivity contribution in [3.8, 4) is 0 Å². The summed E-state index contributed by atoms with van der Waals surface area (Å²) in [6, 6.07) is 5.27. The number of nitrogens with zero attached hydrogens (tertiary/aromatic N) is 3. The van der Waals surface area contributed by atoms with Crippen molar-refractivity contribution in [2.75, 3.05) is 0 Å². The van der Waals surface area contributed by atoms with Crippen LogP contribution >= 0.6 is 11.6 Å². The lowest BCUT2D eigenvalue weighted by Crippen LogP contribution is -2.24. The molecule has 18 heavy (non-hydrogen) atoms. The van der Waals surface area contributed by atoms with Crippen LogP contribution in [-0.2, 0) is 6.54 Å². The number of carbonyl (C=O) groups is 1. The number of nitrogens with one attached hydrogen (secondary N) is 1. The molecule has 0 bridgehead atoms. The van der Waals surface area contributed by atoms with E-state index in [4.69, 9.17) is 11.6 Å². The minimum Gasteiger partial charge on any atom is -0.347 e. The summed E-state index contributed by atoms with van der Waals surface area (Å²) in [4.78, 5) is 15.7. The third kappa shape index (κ3) is 3.01. The molecule has 6 heteroatoms. The Morgan fingerprint density at radius 2 is 2.06 bits per heavy atom. The van der Waals surface area contributed by atoms with Gasteiger partial charge >= 0.3 is 0 Å². The fourth-order valence-corrected chi connectivity index (χ4v) is 1.45. The van der Waals surface area contributed by atoms with Crippen molar-refractivity contribution in [3.05, 3.63) is 52.6 Å². The molecule has 0 aromatic carbocycles. The van der Waals surface area contributed by atoms with Crippen molar-refractivity contribution in [3.63, 3.8) is 0 Å². The Bertz CT molecular complexity index is 559. The van der Waals surface area contributed by atoms with E-state index in [1.807, 2.05) is 12.1 Å². The van der Waals surface area contributed by atoms with E-state index in [9.17, 15) is 4.79 Å². The summed E-state index contributed by atoms with van der Waals surface area (Å²) in [6.45, 7) is 2.20. The second-order valence-electron chi connectivity index (χ2n) is 3.74. The number of carbonyl (C=O) groups excluding carboxylic acids is 1. The zero-order valence-electron chi connectivity index (χ0n) is 9.72. The third-order valence-corrected chi connectivity index (χ3v) is 2.73. The third-order valence-electron chi connectivity index (χ3n) is 2.36. The lowest BCUT2D eigenvalue weighted by Gasteiger charge is -2.05. The normalized spacial score (nSPS) is 10.1. The van der Waals surface area contributed by atoms with Crippen molar-refractivity contribution in [1.29, 1.82) is 0 Å². The second-order valence-corrected chi connectivity index (χ2v) is 4.10. The van der Waals surface area contributed by atoms with Gasteiger partial charge in [-0.15, -0.1) is 10.2 Å². The quantitative estimate of drug-likeness (QED) is 0.915. The minimum absolute atomic E-state index is 0.256. The molecule has 0 radical (unpaired) electrons. The van der Waals surface area contributed by atoms with Crippen LogP contribution in [-0.4, -0.2) is 21.1 Å². The molecule has 5 nitrogen and oxygen atoms in total. The summed E-state index contributed by atoms with van der Waals surface area (Å²) in [6.07, 6.45) is 3.35. The first-order valence-electron chi connectivity index (χ1n) is 5.34. The molecule has 92 valence electrons. The van der Waals surface area contributed by atoms with Crippen molar-refractivity contribution >= 4 is 17.5 Å². The fourth-order valence-electron chi connectivity index (χ4n) is 1.35. The van der Waals surface area contributed by atoms with Gasteiger partial charge in [-0.2, -0.15) is 0 Å². The Kier molecular flexibility index (Phi) is 3.84. The number of pyridine rings is 1. The number of amides is 1. The van der Waals surface area contributed by atoms with Gasteiger partial charge in [-0.3, -0.25) is 9.78 Å². The van der Waals surface area contributed by atoms with Gasteiger partial charge in [0.2, 0.25) is 0 Å². The lowest BCUT2D eigenvalue weighted by molar-refractivity contribution is 0.0944. The average Bonchev–Trinajstić information content (AvgIpc) is 2.40. The fraction of sp³-hybridized carbons (Fsp3) is 0.167. The minimum atomic E-state index is -0.279. The van der Waals surface area contributed by atoms with Gasteiger partial charge in [0.1, 0.15) is 0 Å². The predicted molar refractivity (Wildman–Crippen MR) is 67.2 cm³/mol. The van der Waals surface area contributed by atoms with Crippen LogP contribution in [0.3, 0.4) is 0 Å². The van der Waals surface area contributed by atoms with Gasteiger partial charge in [0.15, 0.2) is 10.8 Å². The van der Waals surface area contributed by atoms with Crippen molar-refractivity contribution < 1.29 is 4.79 Å². The molecule has 0 saturated carbocycles. The highest BCUT2D eigenvalue weighted by molar-refractivity contribution is 6.30. The Labute approximate surface area is 109 Å². The van der Waals surface area contributed by atoms with Gasteiger partial charge in [0, 0.05) is 18.9 Å². The van der Waals surface area contributed by atoms with Crippen LogP contribution in [0.4, 0.5) is 0 Å². The van der Waals surface area contributed by atoms with Gasteiger partial charge in [-0.25, -0.2) is 0 Å². The summed E-state index contributed by atoms with van der Waals surface area (Å²) in [5.41, 5.74) is 1.95. The largest absolute Gasteiger partial charge is 0.347 e. The molecule has 0 unspecified atom stereocenters. The smallest absolute Gasteiger partial charge is 0.272 e. The topological polar surface area (TPSA) is 67.8 Å². The molecule has 0 aliphatic carbocycles. The first-order valence-corrected chi connectivity index (χ1v) is 5.71. The van der Waals surface area contributed by atoms with Crippen molar-refractivity contribution in [1.82, 2.24) is 20.5 Å². The van der Waals surface area contributed by atoms with Crippen LogP contribution in [0, 0.1) is 6.92 Å². The molecule has 2 aromatic rings. The highest BCUT2D eigenvalue weighted by Gasteiger charge is 2.09. The van der Waals surface area contributed by atoms with E-state index < -0.39 is 0 Å². The monoisotopic (exact) mass is 262 g/mol. The molecule has 0 atom stereocenters. The van der Waals surface area contributed by atoms with Crippen LogP contribution < -0.4 is 5.32 Å². The number of hydrogen-bond donors (Lipinski definition) is 1. The maximum Gasteiger partial charge on any atom is 0.272 e. The Morgan fingerprint density at radius 3 is 2.72 bits per heavy atom. The van der Waals surface area contributed by atoms with Gasteiger partial charge in [-0.05, 0) is 36.2 Å². The summed E-state index contributed by atoms with van der Waals surface area (Å²) < 4.78 is 0. The van der Waals surface area contributed by atoms with E-state index in [0.717, 1.165) is 11.1 Å². The van der Waals surface area contributed by atoms with E-state index in [2.05, 4.69) is 20.5 Å². The second kappa shape index (κ2) is 5.55. The maximum absolute atomic E-state index is 11.8. The number of rotatable bonds is 3. The molecule has 0 fully saturated rings. The standard InChI is InChI=1S/C12H11ClN4O/c1-8-6-10(16-17-11(8)13)12(18)15-7-9-2-4-14-5-3-9/h2-6H,7H2,1H3,(H,15,18). The molecular weight excluding hydrogens is 252 g/mol. The number of aryl methyl sites for hydroxylation is 1. The van der Waals surface area contributed by atoms with E-state index in [0.29, 0.717) is 11.7 Å². The molecule has 0 spiro atoms. The van der Waals surface area contributed by atoms with E-state index in [1.165, 1.54) is 0 Å². The van der Waals surface area contributed by atoms with Gasteiger partial charge in [-0.1, -0.05) is 11.6 Å². The molecule has 0 aliphatic heterocycles. The SMILES string of the molecule is Cc1cc(C(=O)NCc2ccncc2)nnc1Cl. The summed E-state index contributed by atoms with van der Waals surface area (Å²) in [5.74, 6) is -0.279. The van der Waals surface area contributed by atoms with Crippen molar-refractivity contribution in [2.24, 2.45) is 0 Å². The number of aromatic nitrogens is 3. The highest BCUT2D eigenvalue weighted by atomic mass is 35.5. The number of hydrogen-bond acceptors (Lipinski definition) is 4. The molecule has 1 N–H and O–H groups in total. The van der Waals surface area contributed by atoms with Crippen LogP contribution in [0.15, 0.2) is 30.6 Å². The van der Waals surface area contributed by atoms with Gasteiger partial charge in [0.05, 0.1) is 0 Å². The average molecular weight is 263 g/mol. The van der Waals surface area contributed by atoms with E-state index in [1.54, 1.807) is 25.4 Å². The van der Waals surface area contributed by atoms with Crippen LogP contribution in [0.5, 0.6) is 0 Å². The molecule has 2 aromatic heterocycles.